The van der Waals surface area contributed by atoms with Crippen LogP contribution in [0.1, 0.15) is 0 Å². The fourth-order valence-electron chi connectivity index (χ4n) is 8.89. The van der Waals surface area contributed by atoms with E-state index in [2.05, 4.69) is 252 Å². The molecule has 10 aromatic carbocycles. The number of anilines is 6. The van der Waals surface area contributed by atoms with E-state index in [9.17, 15) is 0 Å². The first-order valence-electron chi connectivity index (χ1n) is 21.4. The van der Waals surface area contributed by atoms with Crippen molar-refractivity contribution in [3.63, 3.8) is 0 Å². The van der Waals surface area contributed by atoms with Gasteiger partial charge in [-0.25, -0.2) is 0 Å². The zero-order chi connectivity index (χ0) is 42.0. The van der Waals surface area contributed by atoms with Crippen molar-refractivity contribution in [1.82, 2.24) is 0 Å². The molecule has 3 heteroatoms. The van der Waals surface area contributed by atoms with Crippen LogP contribution in [0.15, 0.2) is 259 Å². The second-order valence-corrected chi connectivity index (χ2v) is 15.7. The van der Waals surface area contributed by atoms with Crippen LogP contribution in [0.25, 0.3) is 66.4 Å². The van der Waals surface area contributed by atoms with Gasteiger partial charge in [-0.1, -0.05) is 182 Å². The first-order valence-corrected chi connectivity index (χ1v) is 21.4. The summed E-state index contributed by atoms with van der Waals surface area (Å²) in [7, 11) is 0. The number of rotatable bonds is 10. The monoisotopic (exact) mass is 806 g/mol. The minimum atomic E-state index is 0.852. The van der Waals surface area contributed by atoms with Crippen LogP contribution in [-0.4, -0.2) is 0 Å². The minimum Gasteiger partial charge on any atom is -0.456 e. The fourth-order valence-corrected chi connectivity index (χ4v) is 8.89. The van der Waals surface area contributed by atoms with Gasteiger partial charge in [0.05, 0.1) is 16.8 Å². The zero-order valence-corrected chi connectivity index (χ0v) is 34.6. The Labute approximate surface area is 368 Å². The first-order chi connectivity index (χ1) is 31.2. The molecule has 0 aliphatic rings. The van der Waals surface area contributed by atoms with Crippen molar-refractivity contribution < 1.29 is 4.42 Å². The summed E-state index contributed by atoms with van der Waals surface area (Å²) in [4.78, 5) is 4.79. The van der Waals surface area contributed by atoms with Gasteiger partial charge in [0, 0.05) is 33.7 Å². The van der Waals surface area contributed by atoms with Gasteiger partial charge in [0.15, 0.2) is 0 Å². The fraction of sp³-hybridized carbons (Fsp3) is 0. The van der Waals surface area contributed by atoms with Gasteiger partial charge in [0.1, 0.15) is 11.2 Å². The molecule has 0 bridgehead atoms. The lowest BCUT2D eigenvalue weighted by Crippen LogP contribution is -2.12. The van der Waals surface area contributed by atoms with E-state index >= 15 is 0 Å². The maximum Gasteiger partial charge on any atom is 0.137 e. The highest BCUT2D eigenvalue weighted by atomic mass is 16.3. The molecule has 11 rings (SSSR count). The second kappa shape index (κ2) is 16.6. The molecule has 63 heavy (non-hydrogen) atoms. The quantitative estimate of drug-likeness (QED) is 0.137. The summed E-state index contributed by atoms with van der Waals surface area (Å²) >= 11 is 0. The third-order valence-electron chi connectivity index (χ3n) is 11.8. The number of furan rings is 1. The average Bonchev–Trinajstić information content (AvgIpc) is 3.75. The molecule has 0 saturated heterocycles. The van der Waals surface area contributed by atoms with Crippen LogP contribution < -0.4 is 9.80 Å². The average molecular weight is 807 g/mol. The Morgan fingerprint density at radius 2 is 0.619 bits per heavy atom. The van der Waals surface area contributed by atoms with Crippen LogP contribution in [0.5, 0.6) is 0 Å². The Balaban J connectivity index is 1.10. The molecular weight excluding hydrogens is 765 g/mol. The van der Waals surface area contributed by atoms with E-state index in [0.29, 0.717) is 0 Å². The van der Waals surface area contributed by atoms with Crippen molar-refractivity contribution in [2.75, 3.05) is 9.80 Å². The number of para-hydroxylation sites is 2. The van der Waals surface area contributed by atoms with Crippen molar-refractivity contribution in [2.45, 2.75) is 0 Å². The van der Waals surface area contributed by atoms with E-state index in [1.807, 2.05) is 12.1 Å². The maximum absolute atomic E-state index is 6.47. The molecule has 0 unspecified atom stereocenters. The van der Waals surface area contributed by atoms with Gasteiger partial charge < -0.3 is 14.2 Å². The van der Waals surface area contributed by atoms with Crippen molar-refractivity contribution >= 4 is 56.1 Å². The van der Waals surface area contributed by atoms with E-state index in [-0.39, 0.29) is 0 Å². The summed E-state index contributed by atoms with van der Waals surface area (Å²) in [5.74, 6) is 0. The molecule has 298 valence electrons. The van der Waals surface area contributed by atoms with Crippen LogP contribution in [0, 0.1) is 0 Å². The molecule has 1 aromatic heterocycles. The predicted octanol–water partition coefficient (Wildman–Crippen LogP) is 17.2. The number of nitrogens with zero attached hydrogens (tertiary/aromatic N) is 2. The standard InChI is InChI=1S/C60H42N2O/c1-4-19-43(20-5-1)46-25-14-29-50(39-46)61(51-30-15-26-47(40-51)44-21-6-2-7-22-44)56-35-12-10-33-54(56)49-28-17-32-53(42-49)62(52-31-16-27-48(41-52)45-23-8-3-9-24-45)57-36-18-38-59-60(57)55-34-11-13-37-58(55)63-59/h1-42H. The van der Waals surface area contributed by atoms with Gasteiger partial charge in [-0.15, -0.1) is 0 Å². The number of hydrogen-bond acceptors (Lipinski definition) is 3. The maximum atomic E-state index is 6.47. The molecule has 11 aromatic rings. The molecule has 0 saturated carbocycles. The van der Waals surface area contributed by atoms with Crippen LogP contribution >= 0.6 is 0 Å². The topological polar surface area (TPSA) is 19.6 Å². The van der Waals surface area contributed by atoms with E-state index in [4.69, 9.17) is 4.42 Å². The molecule has 0 amide bonds. The van der Waals surface area contributed by atoms with Crippen LogP contribution in [-0.2, 0) is 0 Å². The Morgan fingerprint density at radius 1 is 0.254 bits per heavy atom. The van der Waals surface area contributed by atoms with Crippen molar-refractivity contribution in [2.24, 2.45) is 0 Å². The van der Waals surface area contributed by atoms with Crippen LogP contribution in [0.2, 0.25) is 0 Å². The van der Waals surface area contributed by atoms with Crippen molar-refractivity contribution in [1.29, 1.82) is 0 Å². The SMILES string of the molecule is c1ccc(-c2cccc(N(c3cccc(-c4ccccc4)c3)c3ccccc3-c3cccc(N(c4cccc(-c5ccccc5)c4)c4cccc5oc6ccccc6c45)c3)c2)cc1. The Hall–Kier alpha value is -8.40. The largest absolute Gasteiger partial charge is 0.456 e. The summed E-state index contributed by atoms with van der Waals surface area (Å²) in [6.45, 7) is 0. The molecule has 0 spiro atoms. The molecule has 1 heterocycles. The highest BCUT2D eigenvalue weighted by molar-refractivity contribution is 6.13. The molecule has 0 atom stereocenters. The second-order valence-electron chi connectivity index (χ2n) is 15.7. The van der Waals surface area contributed by atoms with Crippen molar-refractivity contribution in [3.8, 4) is 44.5 Å². The molecular formula is C60H42N2O. The number of fused-ring (bicyclic) bond motifs is 3. The first kappa shape index (κ1) is 37.6. The predicted molar refractivity (Wildman–Crippen MR) is 265 cm³/mol. The van der Waals surface area contributed by atoms with Gasteiger partial charge in [-0.05, 0) is 112 Å². The summed E-state index contributed by atoms with van der Waals surface area (Å²) < 4.78 is 6.47. The van der Waals surface area contributed by atoms with E-state index in [1.165, 1.54) is 16.7 Å². The van der Waals surface area contributed by atoms with Gasteiger partial charge in [-0.2, -0.15) is 0 Å². The summed E-state index contributed by atoms with van der Waals surface area (Å²) in [5, 5.41) is 2.16. The van der Waals surface area contributed by atoms with Crippen LogP contribution in [0.4, 0.5) is 34.1 Å². The Kier molecular flexibility index (Phi) is 9.89. The van der Waals surface area contributed by atoms with Gasteiger partial charge >= 0.3 is 0 Å². The molecule has 0 fully saturated rings. The highest BCUT2D eigenvalue weighted by Crippen LogP contribution is 2.47. The third kappa shape index (κ3) is 7.32. The van der Waals surface area contributed by atoms with Gasteiger partial charge in [-0.3, -0.25) is 0 Å². The summed E-state index contributed by atoms with van der Waals surface area (Å²) in [6, 6.07) is 90.8. The minimum absolute atomic E-state index is 0.852. The number of benzene rings is 10. The third-order valence-corrected chi connectivity index (χ3v) is 11.8. The normalized spacial score (nSPS) is 11.2. The molecule has 0 N–H and O–H groups in total. The lowest BCUT2D eigenvalue weighted by molar-refractivity contribution is 0.669. The summed E-state index contributed by atoms with van der Waals surface area (Å²) in [5.41, 5.74) is 17.3. The van der Waals surface area contributed by atoms with E-state index in [1.54, 1.807) is 0 Å². The van der Waals surface area contributed by atoms with Crippen LogP contribution in [0.3, 0.4) is 0 Å². The lowest BCUT2D eigenvalue weighted by atomic mass is 9.98. The molecule has 3 nitrogen and oxygen atoms in total. The van der Waals surface area contributed by atoms with Gasteiger partial charge in [0.25, 0.3) is 0 Å². The zero-order valence-electron chi connectivity index (χ0n) is 34.6. The molecule has 0 aliphatic carbocycles. The smallest absolute Gasteiger partial charge is 0.137 e. The number of hydrogen-bond donors (Lipinski definition) is 0. The Bertz CT molecular complexity index is 3270. The molecule has 0 radical (unpaired) electrons. The molecule has 0 aliphatic heterocycles. The summed E-state index contributed by atoms with van der Waals surface area (Å²) in [6.07, 6.45) is 0. The van der Waals surface area contributed by atoms with Gasteiger partial charge in [0.2, 0.25) is 0 Å². The highest BCUT2D eigenvalue weighted by Gasteiger charge is 2.22. The van der Waals surface area contributed by atoms with E-state index in [0.717, 1.165) is 83.9 Å². The Morgan fingerprint density at radius 3 is 1.16 bits per heavy atom. The van der Waals surface area contributed by atoms with Crippen molar-refractivity contribution in [3.05, 3.63) is 255 Å². The lowest BCUT2D eigenvalue weighted by Gasteiger charge is -2.30. The van der Waals surface area contributed by atoms with E-state index < -0.39 is 0 Å².